The molecule has 4 rings (SSSR count). The van der Waals surface area contributed by atoms with Crippen molar-refractivity contribution in [3.05, 3.63) is 59.3 Å². The lowest BCUT2D eigenvalue weighted by molar-refractivity contribution is -0.119. The van der Waals surface area contributed by atoms with E-state index in [0.717, 1.165) is 4.31 Å². The molecule has 16 heteroatoms. The molecule has 0 aliphatic rings. The minimum atomic E-state index is -3.78. The Hall–Kier alpha value is -3.54. The van der Waals surface area contributed by atoms with Crippen LogP contribution in [0, 0.1) is 5.92 Å². The molecule has 2 N–H and O–H groups in total. The maximum atomic E-state index is 13.1. The van der Waals surface area contributed by atoms with Gasteiger partial charge < -0.3 is 10.6 Å². The minimum Gasteiger partial charge on any atom is -0.302 e. The van der Waals surface area contributed by atoms with Gasteiger partial charge in [-0.3, -0.25) is 9.59 Å². The molecule has 0 fully saturated rings. The number of amides is 2. The Kier molecular flexibility index (Phi) is 10.9. The molecule has 2 amide bonds. The highest BCUT2D eigenvalue weighted by atomic mass is 32.2. The second-order valence-electron chi connectivity index (χ2n) is 10.5. The van der Waals surface area contributed by atoms with E-state index >= 15 is 0 Å². The average molecular weight is 691 g/mol. The summed E-state index contributed by atoms with van der Waals surface area (Å²) in [4.78, 5) is 33.6. The average Bonchev–Trinajstić information content (AvgIpc) is 3.67. The van der Waals surface area contributed by atoms with Gasteiger partial charge in [0.1, 0.15) is 0 Å². The predicted molar refractivity (Wildman–Crippen MR) is 177 cm³/mol. The van der Waals surface area contributed by atoms with E-state index in [4.69, 9.17) is 0 Å². The molecule has 0 unspecified atom stereocenters. The Morgan fingerprint density at radius 2 is 1.22 bits per heavy atom. The second-order valence-corrected chi connectivity index (χ2v) is 16.4. The summed E-state index contributed by atoms with van der Waals surface area (Å²) in [6.45, 7) is 3.72. The summed E-state index contributed by atoms with van der Waals surface area (Å²) < 4.78 is 53.1. The number of thiazole rings is 2. The molecule has 0 saturated heterocycles. The van der Waals surface area contributed by atoms with Crippen molar-refractivity contribution in [2.45, 2.75) is 36.5 Å². The van der Waals surface area contributed by atoms with Crippen molar-refractivity contribution < 1.29 is 26.4 Å². The van der Waals surface area contributed by atoms with Gasteiger partial charge in [-0.05, 0) is 30.7 Å². The van der Waals surface area contributed by atoms with Crippen LogP contribution in [0.1, 0.15) is 26.7 Å². The van der Waals surface area contributed by atoms with Gasteiger partial charge in [-0.2, -0.15) is 0 Å². The molecule has 0 spiro atoms. The van der Waals surface area contributed by atoms with E-state index in [1.54, 1.807) is 48.9 Å². The van der Waals surface area contributed by atoms with E-state index in [9.17, 15) is 26.4 Å². The van der Waals surface area contributed by atoms with E-state index in [2.05, 4.69) is 20.6 Å². The van der Waals surface area contributed by atoms with Crippen molar-refractivity contribution in [2.24, 2.45) is 5.92 Å². The fraction of sp³-hybridized carbons (Fsp3) is 0.310. The number of nitrogens with zero attached hydrogens (tertiary/aromatic N) is 4. The van der Waals surface area contributed by atoms with Gasteiger partial charge >= 0.3 is 0 Å². The third kappa shape index (κ3) is 8.39. The molecule has 2 aromatic carbocycles. The molecule has 0 aliphatic carbocycles. The molecule has 12 nitrogen and oxygen atoms in total. The van der Waals surface area contributed by atoms with Crippen LogP contribution in [0.3, 0.4) is 0 Å². The van der Waals surface area contributed by atoms with Crippen LogP contribution in [0.4, 0.5) is 10.3 Å². The zero-order valence-corrected chi connectivity index (χ0v) is 28.6. The number of nitrogens with one attached hydrogen (secondary N) is 2. The van der Waals surface area contributed by atoms with Crippen LogP contribution in [-0.2, 0) is 29.6 Å². The topological polar surface area (TPSA) is 159 Å². The van der Waals surface area contributed by atoms with E-state index in [-0.39, 0.29) is 40.5 Å². The Morgan fingerprint density at radius 1 is 0.756 bits per heavy atom. The molecule has 0 saturated carbocycles. The van der Waals surface area contributed by atoms with Crippen LogP contribution in [0.2, 0.25) is 0 Å². The lowest BCUT2D eigenvalue weighted by Crippen LogP contribution is -2.28. The van der Waals surface area contributed by atoms with Crippen LogP contribution in [0.15, 0.2) is 69.1 Å². The summed E-state index contributed by atoms with van der Waals surface area (Å²) in [5.74, 6) is -0.601. The molecule has 2 aromatic heterocycles. The number of benzene rings is 2. The van der Waals surface area contributed by atoms with Crippen LogP contribution in [0.5, 0.6) is 0 Å². The van der Waals surface area contributed by atoms with Crippen molar-refractivity contribution >= 4 is 64.8 Å². The van der Waals surface area contributed by atoms with Crippen molar-refractivity contribution in [3.8, 4) is 22.5 Å². The molecule has 240 valence electrons. The standard InChI is InChI=1S/C29H34N6O6S4/c1-19(2)27(37)33-29-31-25(18-43-29)21-10-14-23(15-11-21)45(40,41)35(5)16-6-7-26(36)32-28-30-24(17-42-28)20-8-12-22(13-9-20)44(38,39)34(3)4/h8-15,17-19H,6-7,16H2,1-5H3,(H,30,32,36)(H,31,33,37). The number of carbonyl (C=O) groups excluding carboxylic acids is 2. The number of carbonyl (C=O) groups is 2. The highest BCUT2D eigenvalue weighted by molar-refractivity contribution is 7.89. The van der Waals surface area contributed by atoms with Crippen molar-refractivity contribution in [1.82, 2.24) is 18.6 Å². The summed E-state index contributed by atoms with van der Waals surface area (Å²) in [6.07, 6.45) is 0.383. The molecule has 4 aromatic rings. The van der Waals surface area contributed by atoms with E-state index in [1.807, 2.05) is 0 Å². The number of hydrogen-bond donors (Lipinski definition) is 2. The van der Waals surface area contributed by atoms with Gasteiger partial charge in [0.15, 0.2) is 10.3 Å². The molecule has 0 bridgehead atoms. The first-order valence-electron chi connectivity index (χ1n) is 13.8. The highest BCUT2D eigenvalue weighted by Gasteiger charge is 2.22. The lowest BCUT2D eigenvalue weighted by atomic mass is 10.2. The van der Waals surface area contributed by atoms with Gasteiger partial charge in [0, 0.05) is 61.9 Å². The molecule has 45 heavy (non-hydrogen) atoms. The maximum absolute atomic E-state index is 13.1. The van der Waals surface area contributed by atoms with Gasteiger partial charge in [-0.1, -0.05) is 38.1 Å². The third-order valence-corrected chi connectivity index (χ3v) is 11.9. The Bertz CT molecular complexity index is 1870. The molecule has 0 aliphatic heterocycles. The fourth-order valence-corrected chi connectivity index (χ4v) is 7.50. The first kappa shape index (κ1) is 34.3. The predicted octanol–water partition coefficient (Wildman–Crippen LogP) is 4.82. The van der Waals surface area contributed by atoms with Crippen LogP contribution in [0.25, 0.3) is 22.5 Å². The van der Waals surface area contributed by atoms with Crippen molar-refractivity contribution in [2.75, 3.05) is 38.3 Å². The lowest BCUT2D eigenvalue weighted by Gasteiger charge is -2.17. The largest absolute Gasteiger partial charge is 0.302 e. The number of hydrogen-bond acceptors (Lipinski definition) is 10. The van der Waals surface area contributed by atoms with Gasteiger partial charge in [0.05, 0.1) is 21.2 Å². The minimum absolute atomic E-state index is 0.0876. The van der Waals surface area contributed by atoms with Crippen molar-refractivity contribution in [1.29, 1.82) is 0 Å². The van der Waals surface area contributed by atoms with Crippen LogP contribution >= 0.6 is 22.7 Å². The number of aromatic nitrogens is 2. The monoisotopic (exact) mass is 690 g/mol. The molecular weight excluding hydrogens is 657 g/mol. The number of rotatable bonds is 13. The smallest absolute Gasteiger partial charge is 0.242 e. The van der Waals surface area contributed by atoms with Crippen LogP contribution < -0.4 is 10.6 Å². The SMILES string of the molecule is CC(C)C(=O)Nc1nc(-c2ccc(S(=O)(=O)N(C)CCCC(=O)Nc3nc(-c4ccc(S(=O)(=O)N(C)C)cc4)cs3)cc2)cs1. The summed E-state index contributed by atoms with van der Waals surface area (Å²) in [7, 11) is -2.93. The molecular formula is C29H34N6O6S4. The molecule has 2 heterocycles. The second kappa shape index (κ2) is 14.3. The fourth-order valence-electron chi connectivity index (χ4n) is 3.93. The zero-order valence-electron chi connectivity index (χ0n) is 25.3. The van der Waals surface area contributed by atoms with Gasteiger partial charge in [0.25, 0.3) is 0 Å². The normalized spacial score (nSPS) is 12.2. The van der Waals surface area contributed by atoms with E-state index < -0.39 is 20.0 Å². The number of anilines is 2. The zero-order chi connectivity index (χ0) is 32.9. The Balaban J connectivity index is 1.28. The Morgan fingerprint density at radius 3 is 1.69 bits per heavy atom. The Labute approximate surface area is 271 Å². The maximum Gasteiger partial charge on any atom is 0.242 e. The van der Waals surface area contributed by atoms with E-state index in [0.29, 0.717) is 39.2 Å². The van der Waals surface area contributed by atoms with Gasteiger partial charge in [-0.15, -0.1) is 22.7 Å². The first-order chi connectivity index (χ1) is 21.2. The summed E-state index contributed by atoms with van der Waals surface area (Å²) >= 11 is 2.53. The van der Waals surface area contributed by atoms with E-state index in [1.165, 1.54) is 72.4 Å². The van der Waals surface area contributed by atoms with Gasteiger partial charge in [-0.25, -0.2) is 35.4 Å². The molecule has 0 atom stereocenters. The van der Waals surface area contributed by atoms with Gasteiger partial charge in [0.2, 0.25) is 31.9 Å². The van der Waals surface area contributed by atoms with Crippen molar-refractivity contribution in [3.63, 3.8) is 0 Å². The molecule has 0 radical (unpaired) electrons. The quantitative estimate of drug-likeness (QED) is 0.202. The number of sulfonamides is 2. The summed E-state index contributed by atoms with van der Waals surface area (Å²) in [5.41, 5.74) is 2.64. The highest BCUT2D eigenvalue weighted by Crippen LogP contribution is 2.28. The van der Waals surface area contributed by atoms with Crippen LogP contribution in [-0.4, -0.2) is 74.9 Å². The first-order valence-corrected chi connectivity index (χ1v) is 18.4. The summed E-state index contributed by atoms with van der Waals surface area (Å²) in [6, 6.07) is 12.7. The summed E-state index contributed by atoms with van der Waals surface area (Å²) in [5, 5.41) is 9.90. The third-order valence-electron chi connectivity index (χ3n) is 6.67.